The molecule has 1 amide bonds. The van der Waals surface area contributed by atoms with Gasteiger partial charge in [0.15, 0.2) is 5.69 Å². The second-order valence-corrected chi connectivity index (χ2v) is 4.31. The number of likely N-dealkylation sites (N-methyl/N-ethyl adjacent to an activating group) is 1. The molecule has 1 aromatic rings. The number of aromatic carboxylic acids is 1. The average Bonchev–Trinajstić information content (AvgIpc) is 2.60. The third-order valence-corrected chi connectivity index (χ3v) is 3.10. The van der Waals surface area contributed by atoms with Crippen LogP contribution in [-0.2, 0) is 4.79 Å². The predicted octanol–water partition coefficient (Wildman–Crippen LogP) is 0.233. The summed E-state index contributed by atoms with van der Waals surface area (Å²) in [5, 5.41) is 8.76. The quantitative estimate of drug-likeness (QED) is 0.841. The second-order valence-electron chi connectivity index (χ2n) is 4.31. The van der Waals surface area contributed by atoms with Gasteiger partial charge in [-0.25, -0.2) is 14.8 Å². The van der Waals surface area contributed by atoms with Gasteiger partial charge in [0.25, 0.3) is 0 Å². The van der Waals surface area contributed by atoms with E-state index in [0.29, 0.717) is 18.9 Å². The van der Waals surface area contributed by atoms with Gasteiger partial charge in [0.2, 0.25) is 5.91 Å². The zero-order chi connectivity index (χ0) is 13.8. The van der Waals surface area contributed by atoms with E-state index in [0.717, 1.165) is 13.0 Å². The number of nitrogens with zero attached hydrogens (tertiary/aromatic N) is 4. The van der Waals surface area contributed by atoms with Gasteiger partial charge in [0.05, 0.1) is 18.9 Å². The average molecular weight is 264 g/mol. The van der Waals surface area contributed by atoms with Crippen LogP contribution in [0.1, 0.15) is 23.8 Å². The molecule has 1 aromatic heterocycles. The molecular weight excluding hydrogens is 248 g/mol. The number of hydrogen-bond donors (Lipinski definition) is 1. The molecule has 0 atom stereocenters. The van der Waals surface area contributed by atoms with Crippen molar-refractivity contribution in [3.05, 3.63) is 18.1 Å². The van der Waals surface area contributed by atoms with Crippen molar-refractivity contribution in [3.63, 3.8) is 0 Å². The van der Waals surface area contributed by atoms with E-state index in [1.54, 1.807) is 4.90 Å². The van der Waals surface area contributed by atoms with Crippen LogP contribution in [0.4, 0.5) is 5.82 Å². The van der Waals surface area contributed by atoms with Crippen molar-refractivity contribution in [1.82, 2.24) is 14.9 Å². The van der Waals surface area contributed by atoms with Crippen LogP contribution in [-0.4, -0.2) is 58.0 Å². The second kappa shape index (κ2) is 5.64. The third kappa shape index (κ3) is 2.98. The number of aromatic nitrogens is 2. The molecule has 1 aliphatic rings. The van der Waals surface area contributed by atoms with Gasteiger partial charge in [0.1, 0.15) is 5.82 Å². The van der Waals surface area contributed by atoms with E-state index < -0.39 is 5.97 Å². The first-order valence-electron chi connectivity index (χ1n) is 6.20. The van der Waals surface area contributed by atoms with Crippen molar-refractivity contribution in [2.75, 3.05) is 31.1 Å². The van der Waals surface area contributed by atoms with Crippen LogP contribution in [0.15, 0.2) is 12.4 Å². The van der Waals surface area contributed by atoms with Gasteiger partial charge in [-0.15, -0.1) is 0 Å². The molecule has 1 N–H and O–H groups in total. The summed E-state index contributed by atoms with van der Waals surface area (Å²) in [5.41, 5.74) is -0.0971. The summed E-state index contributed by atoms with van der Waals surface area (Å²) in [6.45, 7) is 4.37. The zero-order valence-corrected chi connectivity index (χ0v) is 10.7. The number of carbonyl (C=O) groups is 2. The number of amides is 1. The maximum atomic E-state index is 11.9. The number of carbonyl (C=O) groups excluding carboxylic acids is 1. The Labute approximate surface area is 110 Å². The molecule has 1 aliphatic heterocycles. The van der Waals surface area contributed by atoms with Crippen LogP contribution in [0, 0.1) is 0 Å². The van der Waals surface area contributed by atoms with E-state index in [-0.39, 0.29) is 18.1 Å². The Balaban J connectivity index is 2.13. The predicted molar refractivity (Wildman–Crippen MR) is 68.1 cm³/mol. The molecule has 102 valence electrons. The summed E-state index contributed by atoms with van der Waals surface area (Å²) >= 11 is 0. The summed E-state index contributed by atoms with van der Waals surface area (Å²) in [6.07, 6.45) is 3.48. The van der Waals surface area contributed by atoms with Crippen LogP contribution in [0.2, 0.25) is 0 Å². The summed E-state index contributed by atoms with van der Waals surface area (Å²) in [4.78, 5) is 34.2. The maximum Gasteiger partial charge on any atom is 0.356 e. The van der Waals surface area contributed by atoms with Gasteiger partial charge in [-0.1, -0.05) is 0 Å². The normalized spacial score (nSPS) is 16.4. The standard InChI is InChI=1S/C12H16N4O3/c1-2-15-4-3-5-16(8-11(15)17)10-7-13-9(6-14-10)12(18)19/h6-7H,2-5,8H2,1H3,(H,18,19). The van der Waals surface area contributed by atoms with E-state index >= 15 is 0 Å². The first-order chi connectivity index (χ1) is 9.11. The molecule has 0 saturated carbocycles. The smallest absolute Gasteiger partial charge is 0.356 e. The highest BCUT2D eigenvalue weighted by Gasteiger charge is 2.21. The van der Waals surface area contributed by atoms with E-state index in [4.69, 9.17) is 5.11 Å². The molecule has 0 aromatic carbocycles. The van der Waals surface area contributed by atoms with Gasteiger partial charge >= 0.3 is 5.97 Å². The van der Waals surface area contributed by atoms with E-state index in [9.17, 15) is 9.59 Å². The van der Waals surface area contributed by atoms with E-state index in [1.165, 1.54) is 12.4 Å². The molecule has 1 fully saturated rings. The third-order valence-electron chi connectivity index (χ3n) is 3.10. The van der Waals surface area contributed by atoms with Gasteiger partial charge in [-0.2, -0.15) is 0 Å². The lowest BCUT2D eigenvalue weighted by Crippen LogP contribution is -2.36. The fourth-order valence-corrected chi connectivity index (χ4v) is 2.04. The summed E-state index contributed by atoms with van der Waals surface area (Å²) < 4.78 is 0. The van der Waals surface area contributed by atoms with Gasteiger partial charge < -0.3 is 14.9 Å². The lowest BCUT2D eigenvalue weighted by atomic mass is 10.4. The largest absolute Gasteiger partial charge is 0.476 e. The molecule has 0 bridgehead atoms. The Hall–Kier alpha value is -2.18. The molecular formula is C12H16N4O3. The highest BCUT2D eigenvalue weighted by atomic mass is 16.4. The van der Waals surface area contributed by atoms with Crippen molar-refractivity contribution in [3.8, 4) is 0 Å². The van der Waals surface area contributed by atoms with Crippen LogP contribution in [0.5, 0.6) is 0 Å². The van der Waals surface area contributed by atoms with Crippen LogP contribution >= 0.6 is 0 Å². The fourth-order valence-electron chi connectivity index (χ4n) is 2.04. The number of carboxylic acids is 1. The van der Waals surface area contributed by atoms with Crippen LogP contribution in [0.25, 0.3) is 0 Å². The SMILES string of the molecule is CCN1CCCN(c2cnc(C(=O)O)cn2)CC1=O. The number of hydrogen-bond acceptors (Lipinski definition) is 5. The molecule has 0 radical (unpaired) electrons. The number of rotatable bonds is 3. The Morgan fingerprint density at radius 3 is 2.74 bits per heavy atom. The van der Waals surface area contributed by atoms with Crippen LogP contribution in [0.3, 0.4) is 0 Å². The fraction of sp³-hybridized carbons (Fsp3) is 0.500. The van der Waals surface area contributed by atoms with Crippen molar-refractivity contribution in [2.45, 2.75) is 13.3 Å². The van der Waals surface area contributed by atoms with Crippen molar-refractivity contribution in [1.29, 1.82) is 0 Å². The molecule has 7 heteroatoms. The number of anilines is 1. The lowest BCUT2D eigenvalue weighted by Gasteiger charge is -2.21. The summed E-state index contributed by atoms with van der Waals surface area (Å²) in [5.74, 6) is -0.511. The maximum absolute atomic E-state index is 11.9. The highest BCUT2D eigenvalue weighted by molar-refractivity contribution is 5.85. The summed E-state index contributed by atoms with van der Waals surface area (Å²) in [7, 11) is 0. The van der Waals surface area contributed by atoms with Crippen LogP contribution < -0.4 is 4.90 Å². The zero-order valence-electron chi connectivity index (χ0n) is 10.7. The molecule has 2 heterocycles. The van der Waals surface area contributed by atoms with Crippen molar-refractivity contribution in [2.24, 2.45) is 0 Å². The van der Waals surface area contributed by atoms with Gasteiger partial charge in [0, 0.05) is 19.6 Å². The van der Waals surface area contributed by atoms with Gasteiger partial charge in [-0.3, -0.25) is 4.79 Å². The Bertz CT molecular complexity index is 474. The minimum atomic E-state index is -1.11. The minimum Gasteiger partial charge on any atom is -0.476 e. The van der Waals surface area contributed by atoms with E-state index in [2.05, 4.69) is 9.97 Å². The molecule has 7 nitrogen and oxygen atoms in total. The van der Waals surface area contributed by atoms with Crippen molar-refractivity contribution < 1.29 is 14.7 Å². The molecule has 1 saturated heterocycles. The van der Waals surface area contributed by atoms with Gasteiger partial charge in [-0.05, 0) is 13.3 Å². The molecule has 0 aliphatic carbocycles. The first-order valence-corrected chi connectivity index (χ1v) is 6.20. The Morgan fingerprint density at radius 2 is 2.16 bits per heavy atom. The Kier molecular flexibility index (Phi) is 3.94. The van der Waals surface area contributed by atoms with Crippen molar-refractivity contribution >= 4 is 17.7 Å². The Morgan fingerprint density at radius 1 is 1.37 bits per heavy atom. The topological polar surface area (TPSA) is 86.6 Å². The monoisotopic (exact) mass is 264 g/mol. The molecule has 2 rings (SSSR count). The van der Waals surface area contributed by atoms with E-state index in [1.807, 2.05) is 11.8 Å². The molecule has 19 heavy (non-hydrogen) atoms. The number of carboxylic acid groups (broad SMARTS) is 1. The molecule has 0 unspecified atom stereocenters. The minimum absolute atomic E-state index is 0.0594. The first kappa shape index (κ1) is 13.3. The lowest BCUT2D eigenvalue weighted by molar-refractivity contribution is -0.129. The highest BCUT2D eigenvalue weighted by Crippen LogP contribution is 2.13. The molecule has 0 spiro atoms. The summed E-state index contributed by atoms with van der Waals surface area (Å²) in [6, 6.07) is 0.